The Labute approximate surface area is 109 Å². The minimum Gasteiger partial charge on any atom is -0.469 e. The molecule has 7 nitrogen and oxygen atoms in total. The average Bonchev–Trinajstić information content (AvgIpc) is 2.73. The van der Waals surface area contributed by atoms with Crippen LogP contribution in [0.1, 0.15) is 12.8 Å². The zero-order valence-corrected chi connectivity index (χ0v) is 11.2. The van der Waals surface area contributed by atoms with Crippen molar-refractivity contribution in [2.24, 2.45) is 5.92 Å². The van der Waals surface area contributed by atoms with E-state index in [4.69, 9.17) is 4.42 Å². The fourth-order valence-electron chi connectivity index (χ4n) is 1.10. The number of ether oxygens (including phenoxy) is 1. The molecule has 0 radical (unpaired) electrons. The van der Waals surface area contributed by atoms with Crippen molar-refractivity contribution in [2.75, 3.05) is 23.9 Å². The number of thioether (sulfide) groups is 1. The van der Waals surface area contributed by atoms with E-state index in [0.717, 1.165) is 0 Å². The van der Waals surface area contributed by atoms with Gasteiger partial charge in [0.15, 0.2) is 0 Å². The largest absolute Gasteiger partial charge is 0.469 e. The van der Waals surface area contributed by atoms with Crippen LogP contribution in [-0.2, 0) is 14.3 Å². The zero-order chi connectivity index (χ0) is 13.5. The Bertz CT molecular complexity index is 421. The standard InChI is InChI=1S/C10H15N3O4S/c1-6(9(15)16-3)4-18-5-8(14)11-10-13-12-7(2)17-10/h6H,4-5H2,1-3H3,(H,11,13,14). The normalized spacial score (nSPS) is 11.9. The second kappa shape index (κ2) is 7.00. The van der Waals surface area contributed by atoms with Crippen molar-refractivity contribution in [2.45, 2.75) is 13.8 Å². The molecule has 1 atom stereocenters. The first kappa shape index (κ1) is 14.5. The number of hydrogen-bond donors (Lipinski definition) is 1. The summed E-state index contributed by atoms with van der Waals surface area (Å²) in [5.41, 5.74) is 0. The third-order valence-electron chi connectivity index (χ3n) is 1.98. The number of carbonyl (C=O) groups excluding carboxylic acids is 2. The zero-order valence-electron chi connectivity index (χ0n) is 10.4. The van der Waals surface area contributed by atoms with Gasteiger partial charge in [0.2, 0.25) is 11.8 Å². The maximum absolute atomic E-state index is 11.5. The SMILES string of the molecule is COC(=O)C(C)CSCC(=O)Nc1nnc(C)o1. The predicted molar refractivity (Wildman–Crippen MR) is 66.2 cm³/mol. The lowest BCUT2D eigenvalue weighted by Crippen LogP contribution is -2.18. The Kier molecular flexibility index (Phi) is 5.63. The second-order valence-corrected chi connectivity index (χ2v) is 4.64. The molecule has 100 valence electrons. The molecule has 1 N–H and O–H groups in total. The molecule has 1 rings (SSSR count). The summed E-state index contributed by atoms with van der Waals surface area (Å²) >= 11 is 1.34. The third kappa shape index (κ3) is 4.74. The van der Waals surface area contributed by atoms with Crippen molar-refractivity contribution >= 4 is 29.7 Å². The van der Waals surface area contributed by atoms with Gasteiger partial charge in [-0.05, 0) is 0 Å². The number of aryl methyl sites for hydroxylation is 1. The van der Waals surface area contributed by atoms with E-state index in [-0.39, 0.29) is 29.6 Å². The van der Waals surface area contributed by atoms with Gasteiger partial charge in [0.05, 0.1) is 18.8 Å². The van der Waals surface area contributed by atoms with E-state index in [1.807, 2.05) is 0 Å². The van der Waals surface area contributed by atoms with E-state index in [9.17, 15) is 9.59 Å². The van der Waals surface area contributed by atoms with E-state index >= 15 is 0 Å². The first-order valence-electron chi connectivity index (χ1n) is 5.28. The van der Waals surface area contributed by atoms with Gasteiger partial charge in [-0.2, -0.15) is 11.8 Å². The average molecular weight is 273 g/mol. The minimum atomic E-state index is -0.282. The number of anilines is 1. The summed E-state index contributed by atoms with van der Waals surface area (Å²) in [4.78, 5) is 22.6. The molecule has 0 spiro atoms. The van der Waals surface area contributed by atoms with Crippen LogP contribution < -0.4 is 5.32 Å². The first-order valence-corrected chi connectivity index (χ1v) is 6.44. The highest BCUT2D eigenvalue weighted by atomic mass is 32.2. The molecule has 1 heterocycles. The van der Waals surface area contributed by atoms with E-state index in [1.54, 1.807) is 13.8 Å². The molecule has 1 amide bonds. The van der Waals surface area contributed by atoms with Crippen LogP contribution in [-0.4, -0.2) is 40.7 Å². The van der Waals surface area contributed by atoms with Gasteiger partial charge in [0.25, 0.3) is 0 Å². The van der Waals surface area contributed by atoms with Crippen molar-refractivity contribution in [3.63, 3.8) is 0 Å². The maximum atomic E-state index is 11.5. The number of amides is 1. The second-order valence-electron chi connectivity index (χ2n) is 3.61. The van der Waals surface area contributed by atoms with Gasteiger partial charge in [-0.25, -0.2) is 0 Å². The molecule has 0 saturated heterocycles. The van der Waals surface area contributed by atoms with Crippen molar-refractivity contribution in [1.82, 2.24) is 10.2 Å². The Hall–Kier alpha value is -1.57. The van der Waals surface area contributed by atoms with Crippen LogP contribution >= 0.6 is 11.8 Å². The van der Waals surface area contributed by atoms with Crippen LogP contribution in [0.25, 0.3) is 0 Å². The van der Waals surface area contributed by atoms with Gasteiger partial charge in [0, 0.05) is 12.7 Å². The molecule has 0 aliphatic carbocycles. The lowest BCUT2D eigenvalue weighted by molar-refractivity contribution is -0.144. The molecule has 1 aromatic heterocycles. The Morgan fingerprint density at radius 2 is 2.22 bits per heavy atom. The highest BCUT2D eigenvalue weighted by molar-refractivity contribution is 8.00. The Balaban J connectivity index is 2.23. The third-order valence-corrected chi connectivity index (χ3v) is 3.18. The molecule has 18 heavy (non-hydrogen) atoms. The van der Waals surface area contributed by atoms with Crippen molar-refractivity contribution < 1.29 is 18.7 Å². The number of methoxy groups -OCH3 is 1. The molecule has 1 aromatic rings. The summed E-state index contributed by atoms with van der Waals surface area (Å²) < 4.78 is 9.58. The number of nitrogens with one attached hydrogen (secondary N) is 1. The smallest absolute Gasteiger partial charge is 0.322 e. The van der Waals surface area contributed by atoms with Crippen LogP contribution in [0, 0.1) is 12.8 Å². The maximum Gasteiger partial charge on any atom is 0.322 e. The topological polar surface area (TPSA) is 94.3 Å². The number of carbonyl (C=O) groups is 2. The highest BCUT2D eigenvalue weighted by Gasteiger charge is 2.14. The number of aromatic nitrogens is 2. The molecule has 0 saturated carbocycles. The summed E-state index contributed by atoms with van der Waals surface area (Å²) in [5, 5.41) is 9.68. The summed E-state index contributed by atoms with van der Waals surface area (Å²) in [6, 6.07) is 0.0825. The fourth-order valence-corrected chi connectivity index (χ4v) is 1.97. The van der Waals surface area contributed by atoms with E-state index in [1.165, 1.54) is 18.9 Å². The first-order chi connectivity index (χ1) is 8.52. The van der Waals surface area contributed by atoms with Crippen LogP contribution in [0.15, 0.2) is 4.42 Å². The summed E-state index contributed by atoms with van der Waals surface area (Å²) in [6.07, 6.45) is 0. The molecule has 0 aliphatic heterocycles. The quantitative estimate of drug-likeness (QED) is 0.768. The van der Waals surface area contributed by atoms with Crippen molar-refractivity contribution in [1.29, 1.82) is 0 Å². The molecular formula is C10H15N3O4S. The van der Waals surface area contributed by atoms with Gasteiger partial charge in [-0.1, -0.05) is 12.0 Å². The van der Waals surface area contributed by atoms with Crippen LogP contribution in [0.5, 0.6) is 0 Å². The molecule has 0 aromatic carbocycles. The molecule has 0 aliphatic rings. The van der Waals surface area contributed by atoms with E-state index in [2.05, 4.69) is 20.3 Å². The van der Waals surface area contributed by atoms with Gasteiger partial charge in [-0.3, -0.25) is 14.9 Å². The Morgan fingerprint density at radius 3 is 2.78 bits per heavy atom. The van der Waals surface area contributed by atoms with Gasteiger partial charge in [-0.15, -0.1) is 5.10 Å². The Morgan fingerprint density at radius 1 is 1.50 bits per heavy atom. The summed E-state index contributed by atoms with van der Waals surface area (Å²) in [7, 11) is 1.34. The highest BCUT2D eigenvalue weighted by Crippen LogP contribution is 2.11. The lowest BCUT2D eigenvalue weighted by atomic mass is 10.2. The number of esters is 1. The summed E-state index contributed by atoms with van der Waals surface area (Å²) in [6.45, 7) is 3.38. The molecular weight excluding hydrogens is 258 g/mol. The molecule has 8 heteroatoms. The fraction of sp³-hybridized carbons (Fsp3) is 0.600. The molecule has 0 bridgehead atoms. The van der Waals surface area contributed by atoms with Crippen LogP contribution in [0.3, 0.4) is 0 Å². The molecule has 1 unspecified atom stereocenters. The number of nitrogens with zero attached hydrogens (tertiary/aromatic N) is 2. The van der Waals surface area contributed by atoms with E-state index in [0.29, 0.717) is 11.6 Å². The van der Waals surface area contributed by atoms with Gasteiger partial charge >= 0.3 is 12.0 Å². The van der Waals surface area contributed by atoms with E-state index < -0.39 is 0 Å². The minimum absolute atomic E-state index is 0.0825. The van der Waals surface area contributed by atoms with Crippen molar-refractivity contribution in [3.05, 3.63) is 5.89 Å². The van der Waals surface area contributed by atoms with Gasteiger partial charge < -0.3 is 9.15 Å². The number of rotatable bonds is 6. The lowest BCUT2D eigenvalue weighted by Gasteiger charge is -2.07. The van der Waals surface area contributed by atoms with Crippen LogP contribution in [0.4, 0.5) is 6.01 Å². The summed E-state index contributed by atoms with van der Waals surface area (Å²) in [5.74, 6) is 0.345. The predicted octanol–water partition coefficient (Wildman–Crippen LogP) is 0.859. The van der Waals surface area contributed by atoms with Gasteiger partial charge in [0.1, 0.15) is 0 Å². The van der Waals surface area contributed by atoms with Crippen molar-refractivity contribution in [3.8, 4) is 0 Å². The van der Waals surface area contributed by atoms with Crippen LogP contribution in [0.2, 0.25) is 0 Å². The monoisotopic (exact) mass is 273 g/mol. The number of hydrogen-bond acceptors (Lipinski definition) is 7. The molecule has 0 fully saturated rings.